The lowest BCUT2D eigenvalue weighted by Crippen LogP contribution is -2.27. The van der Waals surface area contributed by atoms with Crippen molar-refractivity contribution < 1.29 is 4.79 Å². The van der Waals surface area contributed by atoms with Gasteiger partial charge in [-0.1, -0.05) is 23.8 Å². The molecule has 0 aromatic rings. The Kier molecular flexibility index (Phi) is 5.12. The van der Waals surface area contributed by atoms with Crippen LogP contribution in [0, 0.1) is 5.92 Å². The first-order valence-electron chi connectivity index (χ1n) is 4.49. The maximum atomic E-state index is 11.4. The summed E-state index contributed by atoms with van der Waals surface area (Å²) in [5.41, 5.74) is 2.15. The van der Waals surface area contributed by atoms with Gasteiger partial charge in [-0.05, 0) is 27.2 Å². The van der Waals surface area contributed by atoms with Gasteiger partial charge in [0.25, 0.3) is 0 Å². The van der Waals surface area contributed by atoms with Crippen molar-refractivity contribution in [2.24, 2.45) is 5.92 Å². The predicted octanol–water partition coefficient (Wildman–Crippen LogP) is 2.28. The van der Waals surface area contributed by atoms with Gasteiger partial charge in [-0.2, -0.15) is 0 Å². The summed E-state index contributed by atoms with van der Waals surface area (Å²) in [6.45, 7) is 9.75. The third kappa shape index (κ3) is 4.51. The number of carbonyl (C=O) groups excluding carboxylic acids is 1. The Morgan fingerprint density at radius 1 is 1.46 bits per heavy atom. The van der Waals surface area contributed by atoms with E-state index >= 15 is 0 Å². The molecule has 2 heteroatoms. The minimum atomic E-state index is -0.0834. The van der Waals surface area contributed by atoms with Crippen LogP contribution < -0.4 is 5.32 Å². The second-order valence-corrected chi connectivity index (χ2v) is 3.53. The highest BCUT2D eigenvalue weighted by Crippen LogP contribution is 2.14. The third-order valence-electron chi connectivity index (χ3n) is 1.92. The van der Waals surface area contributed by atoms with Gasteiger partial charge in [0.15, 0.2) is 0 Å². The van der Waals surface area contributed by atoms with Gasteiger partial charge in [0.1, 0.15) is 0 Å². The lowest BCUT2D eigenvalue weighted by Gasteiger charge is -2.13. The molecule has 0 aromatic carbocycles. The molecule has 0 aromatic heterocycles. The van der Waals surface area contributed by atoms with E-state index in [4.69, 9.17) is 0 Å². The maximum Gasteiger partial charge on any atom is 0.227 e. The molecule has 2 nitrogen and oxygen atoms in total. The van der Waals surface area contributed by atoms with Crippen molar-refractivity contribution in [3.63, 3.8) is 0 Å². The van der Waals surface area contributed by atoms with Crippen molar-refractivity contribution in [1.29, 1.82) is 0 Å². The lowest BCUT2D eigenvalue weighted by atomic mass is 9.96. The molecule has 0 radical (unpaired) electrons. The van der Waals surface area contributed by atoms with Crippen molar-refractivity contribution in [3.8, 4) is 0 Å². The topological polar surface area (TPSA) is 29.1 Å². The van der Waals surface area contributed by atoms with E-state index in [1.54, 1.807) is 7.05 Å². The van der Waals surface area contributed by atoms with Crippen molar-refractivity contribution in [2.45, 2.75) is 27.2 Å². The summed E-state index contributed by atoms with van der Waals surface area (Å²) in [6.07, 6.45) is 2.81. The Bertz CT molecular complexity index is 224. The van der Waals surface area contributed by atoms with Crippen LogP contribution in [0.2, 0.25) is 0 Å². The van der Waals surface area contributed by atoms with Crippen molar-refractivity contribution in [3.05, 3.63) is 23.8 Å². The second-order valence-electron chi connectivity index (χ2n) is 3.53. The average molecular weight is 181 g/mol. The molecule has 0 aliphatic rings. The molecule has 0 fully saturated rings. The number of hydrogen-bond acceptors (Lipinski definition) is 1. The predicted molar refractivity (Wildman–Crippen MR) is 56.4 cm³/mol. The molecule has 0 aliphatic heterocycles. The Hall–Kier alpha value is -1.05. The zero-order chi connectivity index (χ0) is 10.4. The second kappa shape index (κ2) is 5.57. The number of carbonyl (C=O) groups is 1. The SMILES string of the molecule is C=C(C)C(CC=C(C)C)C(=O)NC. The van der Waals surface area contributed by atoms with Gasteiger partial charge in [0.05, 0.1) is 5.92 Å². The Morgan fingerprint density at radius 3 is 2.31 bits per heavy atom. The Labute approximate surface area is 80.7 Å². The van der Waals surface area contributed by atoms with Gasteiger partial charge in [0, 0.05) is 7.05 Å². The molecular formula is C11H19NO. The minimum Gasteiger partial charge on any atom is -0.359 e. The van der Waals surface area contributed by atoms with Crippen molar-refractivity contribution in [2.75, 3.05) is 7.05 Å². The van der Waals surface area contributed by atoms with E-state index in [9.17, 15) is 4.79 Å². The smallest absolute Gasteiger partial charge is 0.227 e. The van der Waals surface area contributed by atoms with E-state index in [0.29, 0.717) is 0 Å². The molecule has 1 atom stereocenters. The molecule has 0 rings (SSSR count). The highest BCUT2D eigenvalue weighted by atomic mass is 16.1. The lowest BCUT2D eigenvalue weighted by molar-refractivity contribution is -0.123. The summed E-state index contributed by atoms with van der Waals surface area (Å²) < 4.78 is 0. The van der Waals surface area contributed by atoms with Crippen LogP contribution in [0.3, 0.4) is 0 Å². The Balaban J connectivity index is 4.36. The minimum absolute atomic E-state index is 0.0463. The van der Waals surface area contributed by atoms with Crippen molar-refractivity contribution in [1.82, 2.24) is 5.32 Å². The first-order chi connectivity index (χ1) is 5.99. The number of rotatable bonds is 4. The van der Waals surface area contributed by atoms with Crippen LogP contribution in [-0.4, -0.2) is 13.0 Å². The molecule has 1 unspecified atom stereocenters. The molecule has 74 valence electrons. The fourth-order valence-electron chi connectivity index (χ4n) is 1.06. The normalized spacial score (nSPS) is 11.7. The molecule has 0 heterocycles. The van der Waals surface area contributed by atoms with Gasteiger partial charge >= 0.3 is 0 Å². The fraction of sp³-hybridized carbons (Fsp3) is 0.545. The van der Waals surface area contributed by atoms with E-state index in [1.165, 1.54) is 5.57 Å². The quantitative estimate of drug-likeness (QED) is 0.662. The van der Waals surface area contributed by atoms with E-state index in [0.717, 1.165) is 12.0 Å². The first kappa shape index (κ1) is 11.9. The van der Waals surface area contributed by atoms with Crippen LogP contribution in [0.4, 0.5) is 0 Å². The first-order valence-corrected chi connectivity index (χ1v) is 4.49. The van der Waals surface area contributed by atoms with Gasteiger partial charge in [0.2, 0.25) is 5.91 Å². The molecule has 0 bridgehead atoms. The molecule has 0 saturated heterocycles. The van der Waals surface area contributed by atoms with Gasteiger partial charge in [-0.3, -0.25) is 4.79 Å². The average Bonchev–Trinajstić information content (AvgIpc) is 2.03. The van der Waals surface area contributed by atoms with E-state index in [-0.39, 0.29) is 11.8 Å². The molecule has 0 saturated carbocycles. The summed E-state index contributed by atoms with van der Waals surface area (Å²) in [4.78, 5) is 11.4. The van der Waals surface area contributed by atoms with Crippen LogP contribution >= 0.6 is 0 Å². The standard InChI is InChI=1S/C11H19NO/c1-8(2)6-7-10(9(3)4)11(13)12-5/h6,10H,3,7H2,1-2,4-5H3,(H,12,13). The zero-order valence-corrected chi connectivity index (χ0v) is 8.98. The molecule has 0 aliphatic carbocycles. The molecule has 13 heavy (non-hydrogen) atoms. The monoisotopic (exact) mass is 181 g/mol. The van der Waals surface area contributed by atoms with E-state index < -0.39 is 0 Å². The highest BCUT2D eigenvalue weighted by Gasteiger charge is 2.15. The number of allylic oxidation sites excluding steroid dienone is 2. The molecule has 0 spiro atoms. The zero-order valence-electron chi connectivity index (χ0n) is 8.98. The molecule has 1 amide bonds. The summed E-state index contributed by atoms with van der Waals surface area (Å²) in [6, 6.07) is 0. The third-order valence-corrected chi connectivity index (χ3v) is 1.92. The van der Waals surface area contributed by atoms with Crippen LogP contribution in [0.15, 0.2) is 23.8 Å². The summed E-state index contributed by atoms with van der Waals surface area (Å²) in [7, 11) is 1.65. The van der Waals surface area contributed by atoms with E-state index in [2.05, 4.69) is 18.0 Å². The highest BCUT2D eigenvalue weighted by molar-refractivity contribution is 5.81. The molecule has 1 N–H and O–H groups in total. The summed E-state index contributed by atoms with van der Waals surface area (Å²) in [5, 5.41) is 2.64. The maximum absolute atomic E-state index is 11.4. The van der Waals surface area contributed by atoms with Gasteiger partial charge in [-0.25, -0.2) is 0 Å². The fourth-order valence-corrected chi connectivity index (χ4v) is 1.06. The van der Waals surface area contributed by atoms with Crippen molar-refractivity contribution >= 4 is 5.91 Å². The van der Waals surface area contributed by atoms with Gasteiger partial charge in [-0.15, -0.1) is 0 Å². The largest absolute Gasteiger partial charge is 0.359 e. The van der Waals surface area contributed by atoms with Crippen LogP contribution in [-0.2, 0) is 4.79 Å². The van der Waals surface area contributed by atoms with Crippen LogP contribution in [0.5, 0.6) is 0 Å². The van der Waals surface area contributed by atoms with Crippen LogP contribution in [0.1, 0.15) is 27.2 Å². The number of amides is 1. The number of nitrogens with one attached hydrogen (secondary N) is 1. The van der Waals surface area contributed by atoms with Gasteiger partial charge < -0.3 is 5.32 Å². The summed E-state index contributed by atoms with van der Waals surface area (Å²) >= 11 is 0. The van der Waals surface area contributed by atoms with E-state index in [1.807, 2.05) is 20.8 Å². The Morgan fingerprint density at radius 2 is 2.00 bits per heavy atom. The summed E-state index contributed by atoms with van der Waals surface area (Å²) in [5.74, 6) is -0.0371. The molecular weight excluding hydrogens is 162 g/mol. The van der Waals surface area contributed by atoms with Crippen LogP contribution in [0.25, 0.3) is 0 Å². The number of hydrogen-bond donors (Lipinski definition) is 1.